The predicted molar refractivity (Wildman–Crippen MR) is 77.8 cm³/mol. The van der Waals surface area contributed by atoms with Gasteiger partial charge in [-0.1, -0.05) is 17.7 Å². The van der Waals surface area contributed by atoms with Gasteiger partial charge in [0.1, 0.15) is 16.5 Å². The van der Waals surface area contributed by atoms with Gasteiger partial charge in [-0.05, 0) is 24.6 Å². The van der Waals surface area contributed by atoms with Crippen LogP contribution in [0.3, 0.4) is 0 Å². The molecular weight excluding hydrogens is 301 g/mol. The molecule has 0 aliphatic heterocycles. The third-order valence-corrected chi connectivity index (χ3v) is 3.23. The molecule has 0 aliphatic rings. The Hall–Kier alpha value is -2.41. The molecule has 0 saturated heterocycles. The second-order valence-corrected chi connectivity index (χ2v) is 4.86. The van der Waals surface area contributed by atoms with E-state index in [1.54, 1.807) is 13.0 Å². The zero-order chi connectivity index (χ0) is 15.7. The van der Waals surface area contributed by atoms with E-state index in [2.05, 4.69) is 5.32 Å². The van der Waals surface area contributed by atoms with Gasteiger partial charge in [0.25, 0.3) is 5.56 Å². The molecule has 0 radical (unpaired) electrons. The second kappa shape index (κ2) is 5.53. The molecule has 1 N–H and O–H groups in total. The second-order valence-electron chi connectivity index (χ2n) is 4.48. The van der Waals surface area contributed by atoms with Crippen LogP contribution in [-0.2, 0) is 7.05 Å². The number of aromatic nitrogens is 1. The molecule has 0 saturated carbocycles. The Kier molecular flexibility index (Phi) is 3.95. The van der Waals surface area contributed by atoms with E-state index in [1.165, 1.54) is 19.2 Å². The molecule has 0 atom stereocenters. The first-order valence-electron chi connectivity index (χ1n) is 5.88. The van der Waals surface area contributed by atoms with E-state index in [1.807, 2.05) is 0 Å². The third kappa shape index (κ3) is 2.87. The smallest absolute Gasteiger partial charge is 0.310 e. The van der Waals surface area contributed by atoms with Crippen LogP contribution in [0.2, 0.25) is 5.02 Å². The number of nitro groups is 1. The van der Waals surface area contributed by atoms with Gasteiger partial charge in [0.15, 0.2) is 0 Å². The van der Waals surface area contributed by atoms with E-state index in [4.69, 9.17) is 11.6 Å². The maximum absolute atomic E-state index is 13.8. The molecule has 0 spiro atoms. The van der Waals surface area contributed by atoms with Crippen molar-refractivity contribution in [3.63, 3.8) is 0 Å². The molecule has 110 valence electrons. The molecule has 0 fully saturated rings. The van der Waals surface area contributed by atoms with Crippen LogP contribution in [0.4, 0.5) is 21.5 Å². The Bertz CT molecular complexity index is 789. The Morgan fingerprint density at radius 2 is 2.10 bits per heavy atom. The van der Waals surface area contributed by atoms with Crippen LogP contribution < -0.4 is 10.9 Å². The summed E-state index contributed by atoms with van der Waals surface area (Å²) in [5.74, 6) is -0.596. The summed E-state index contributed by atoms with van der Waals surface area (Å²) in [6, 6.07) is 4.32. The standard InChI is InChI=1S/C13H11ClFN3O3/c1-7-3-4-9(8(15)5-7)16-12-10(18(20)21)6-17(2)13(19)11(12)14/h3-6,16H,1-2H3. The van der Waals surface area contributed by atoms with Crippen LogP contribution in [0.1, 0.15) is 5.56 Å². The average Bonchev–Trinajstić information content (AvgIpc) is 2.41. The summed E-state index contributed by atoms with van der Waals surface area (Å²) in [4.78, 5) is 22.1. The van der Waals surface area contributed by atoms with Gasteiger partial charge in [-0.25, -0.2) is 4.39 Å². The van der Waals surface area contributed by atoms with Crippen LogP contribution in [-0.4, -0.2) is 9.49 Å². The zero-order valence-electron chi connectivity index (χ0n) is 11.2. The summed E-state index contributed by atoms with van der Waals surface area (Å²) >= 11 is 5.86. The highest BCUT2D eigenvalue weighted by Crippen LogP contribution is 2.32. The Morgan fingerprint density at radius 3 is 2.67 bits per heavy atom. The number of rotatable bonds is 3. The van der Waals surface area contributed by atoms with Gasteiger partial charge in [0, 0.05) is 7.05 Å². The highest BCUT2D eigenvalue weighted by atomic mass is 35.5. The lowest BCUT2D eigenvalue weighted by atomic mass is 10.2. The lowest BCUT2D eigenvalue weighted by Gasteiger charge is -2.11. The SMILES string of the molecule is Cc1ccc(Nc2c([N+](=O)[O-])cn(C)c(=O)c2Cl)c(F)c1. The molecule has 0 amide bonds. The molecule has 0 unspecified atom stereocenters. The average molecular weight is 312 g/mol. The van der Waals surface area contributed by atoms with Crippen molar-refractivity contribution in [3.05, 3.63) is 61.3 Å². The minimum absolute atomic E-state index is 0.00106. The van der Waals surface area contributed by atoms with E-state index < -0.39 is 22.0 Å². The molecule has 21 heavy (non-hydrogen) atoms. The van der Waals surface area contributed by atoms with E-state index >= 15 is 0 Å². The third-order valence-electron chi connectivity index (χ3n) is 2.88. The van der Waals surface area contributed by atoms with Crippen molar-refractivity contribution in [2.75, 3.05) is 5.32 Å². The fourth-order valence-corrected chi connectivity index (χ4v) is 2.07. The number of pyridine rings is 1. The number of halogens is 2. The maximum atomic E-state index is 13.8. The molecule has 0 bridgehead atoms. The first-order valence-corrected chi connectivity index (χ1v) is 6.25. The van der Waals surface area contributed by atoms with Gasteiger partial charge in [0.05, 0.1) is 16.8 Å². The summed E-state index contributed by atoms with van der Waals surface area (Å²) in [5.41, 5.74) is -0.562. The van der Waals surface area contributed by atoms with Crippen molar-refractivity contribution in [3.8, 4) is 0 Å². The molecule has 6 nitrogen and oxygen atoms in total. The normalized spacial score (nSPS) is 10.5. The van der Waals surface area contributed by atoms with Gasteiger partial charge >= 0.3 is 5.69 Å². The first-order chi connectivity index (χ1) is 9.81. The predicted octanol–water partition coefficient (Wildman–Crippen LogP) is 3.14. The van der Waals surface area contributed by atoms with Crippen LogP contribution in [0, 0.1) is 22.9 Å². The molecule has 2 aromatic rings. The van der Waals surface area contributed by atoms with Crippen molar-refractivity contribution in [1.29, 1.82) is 0 Å². The van der Waals surface area contributed by atoms with Crippen molar-refractivity contribution in [1.82, 2.24) is 4.57 Å². The van der Waals surface area contributed by atoms with Crippen LogP contribution in [0.5, 0.6) is 0 Å². The minimum Gasteiger partial charge on any atom is -0.346 e. The molecular formula is C13H11ClFN3O3. The minimum atomic E-state index is -0.695. The maximum Gasteiger partial charge on any atom is 0.310 e. The Labute approximate surface area is 123 Å². The van der Waals surface area contributed by atoms with E-state index in [9.17, 15) is 19.3 Å². The number of nitrogens with zero attached hydrogens (tertiary/aromatic N) is 2. The van der Waals surface area contributed by atoms with Gasteiger partial charge in [0.2, 0.25) is 0 Å². The van der Waals surface area contributed by atoms with E-state index in [0.29, 0.717) is 5.56 Å². The fraction of sp³-hybridized carbons (Fsp3) is 0.154. The van der Waals surface area contributed by atoms with Gasteiger partial charge in [-0.15, -0.1) is 0 Å². The zero-order valence-corrected chi connectivity index (χ0v) is 11.9. The van der Waals surface area contributed by atoms with Crippen molar-refractivity contribution < 1.29 is 9.31 Å². The summed E-state index contributed by atoms with van der Waals surface area (Å²) in [7, 11) is 1.34. The lowest BCUT2D eigenvalue weighted by Crippen LogP contribution is -2.19. The van der Waals surface area contributed by atoms with Gasteiger partial charge < -0.3 is 9.88 Å². The van der Waals surface area contributed by atoms with Gasteiger partial charge in [-0.2, -0.15) is 0 Å². The number of nitrogens with one attached hydrogen (secondary N) is 1. The summed E-state index contributed by atoms with van der Waals surface area (Å²) in [6.45, 7) is 1.71. The molecule has 1 heterocycles. The fourth-order valence-electron chi connectivity index (χ4n) is 1.79. The largest absolute Gasteiger partial charge is 0.346 e. The van der Waals surface area contributed by atoms with Crippen LogP contribution in [0.15, 0.2) is 29.2 Å². The van der Waals surface area contributed by atoms with Crippen LogP contribution in [0.25, 0.3) is 0 Å². The molecule has 1 aromatic heterocycles. The summed E-state index contributed by atoms with van der Waals surface area (Å²) in [5, 5.41) is 13.2. The first kappa shape index (κ1) is 15.0. The Balaban J connectivity index is 2.60. The highest BCUT2D eigenvalue weighted by Gasteiger charge is 2.22. The number of benzene rings is 1. The summed E-state index contributed by atoms with van der Waals surface area (Å²) in [6.07, 6.45) is 1.03. The van der Waals surface area contributed by atoms with Gasteiger partial charge in [-0.3, -0.25) is 14.9 Å². The molecule has 2 rings (SSSR count). The topological polar surface area (TPSA) is 77.2 Å². The Morgan fingerprint density at radius 1 is 1.43 bits per heavy atom. The highest BCUT2D eigenvalue weighted by molar-refractivity contribution is 6.33. The molecule has 1 aromatic carbocycles. The molecule has 0 aliphatic carbocycles. The number of hydrogen-bond donors (Lipinski definition) is 1. The number of aryl methyl sites for hydroxylation is 2. The van der Waals surface area contributed by atoms with E-state index in [-0.39, 0.29) is 16.4 Å². The monoisotopic (exact) mass is 311 g/mol. The molecule has 8 heteroatoms. The van der Waals surface area contributed by atoms with Crippen molar-refractivity contribution >= 4 is 28.7 Å². The van der Waals surface area contributed by atoms with E-state index in [0.717, 1.165) is 10.8 Å². The number of anilines is 2. The summed E-state index contributed by atoms with van der Waals surface area (Å²) < 4.78 is 14.8. The quantitative estimate of drug-likeness (QED) is 0.698. The van der Waals surface area contributed by atoms with Crippen molar-refractivity contribution in [2.45, 2.75) is 6.92 Å². The van der Waals surface area contributed by atoms with Crippen molar-refractivity contribution in [2.24, 2.45) is 7.05 Å². The lowest BCUT2D eigenvalue weighted by molar-refractivity contribution is -0.384. The number of hydrogen-bond acceptors (Lipinski definition) is 4. The van der Waals surface area contributed by atoms with Crippen LogP contribution >= 0.6 is 11.6 Å².